The first-order chi connectivity index (χ1) is 13.9. The van der Waals surface area contributed by atoms with Gasteiger partial charge in [-0.15, -0.1) is 0 Å². The molecule has 0 radical (unpaired) electrons. The largest absolute Gasteiger partial charge is 0.493 e. The molecule has 7 heteroatoms. The Morgan fingerprint density at radius 3 is 2.10 bits per heavy atom. The summed E-state index contributed by atoms with van der Waals surface area (Å²) in [6, 6.07) is 10.1. The molecule has 0 aliphatic carbocycles. The van der Waals surface area contributed by atoms with E-state index in [-0.39, 0.29) is 18.3 Å². The van der Waals surface area contributed by atoms with Crippen LogP contribution >= 0.6 is 0 Å². The molecule has 2 aromatic rings. The van der Waals surface area contributed by atoms with Crippen molar-refractivity contribution < 1.29 is 28.5 Å². The summed E-state index contributed by atoms with van der Waals surface area (Å²) in [4.78, 5) is 25.5. The van der Waals surface area contributed by atoms with Gasteiger partial charge >= 0.3 is 0 Å². The van der Waals surface area contributed by atoms with Gasteiger partial charge in [0.15, 0.2) is 23.9 Å². The normalized spacial score (nSPS) is 10.5. The van der Waals surface area contributed by atoms with Gasteiger partial charge < -0.3 is 23.8 Å². The number of likely N-dealkylation sites (N-methyl/N-ethyl adjacent to an activating group) is 1. The first-order valence-corrected chi connectivity index (χ1v) is 8.85. The van der Waals surface area contributed by atoms with Crippen LogP contribution in [0.5, 0.6) is 23.0 Å². The Morgan fingerprint density at radius 1 is 0.897 bits per heavy atom. The number of hydrogen-bond donors (Lipinski definition) is 0. The summed E-state index contributed by atoms with van der Waals surface area (Å²) in [7, 11) is 7.91. The summed E-state index contributed by atoms with van der Waals surface area (Å²) in [5, 5.41) is 0. The van der Waals surface area contributed by atoms with E-state index in [1.54, 1.807) is 63.7 Å². The summed E-state index contributed by atoms with van der Waals surface area (Å²) < 4.78 is 21.4. The van der Waals surface area contributed by atoms with E-state index >= 15 is 0 Å². The number of amides is 1. The zero-order valence-electron chi connectivity index (χ0n) is 17.2. The van der Waals surface area contributed by atoms with Crippen LogP contribution in [0.2, 0.25) is 0 Å². The molecule has 0 aliphatic heterocycles. The molecule has 0 aliphatic rings. The molecule has 2 aromatic carbocycles. The van der Waals surface area contributed by atoms with Gasteiger partial charge in [-0.3, -0.25) is 9.59 Å². The number of allylic oxidation sites excluding steroid dienone is 1. The van der Waals surface area contributed by atoms with Gasteiger partial charge in [-0.25, -0.2) is 0 Å². The highest BCUT2D eigenvalue weighted by Gasteiger charge is 2.14. The van der Waals surface area contributed by atoms with Gasteiger partial charge in [-0.2, -0.15) is 0 Å². The second-order valence-electron chi connectivity index (χ2n) is 6.22. The van der Waals surface area contributed by atoms with Crippen molar-refractivity contribution in [2.45, 2.75) is 0 Å². The van der Waals surface area contributed by atoms with Crippen LogP contribution in [0.25, 0.3) is 6.08 Å². The van der Waals surface area contributed by atoms with Crippen LogP contribution < -0.4 is 18.9 Å². The second-order valence-corrected chi connectivity index (χ2v) is 6.22. The molecule has 0 fully saturated rings. The Balaban J connectivity index is 2.12. The molecule has 0 unspecified atom stereocenters. The lowest BCUT2D eigenvalue weighted by Gasteiger charge is -2.14. The fourth-order valence-electron chi connectivity index (χ4n) is 2.51. The standard InChI is InChI=1S/C22H25NO6/c1-23(2)20(25)14-29-17-10-6-15(7-11-17)18(24)12-8-16-9-13-19(26-3)22(28-5)21(16)27-4/h6-13H,14H2,1-5H3/b12-8+. The van der Waals surface area contributed by atoms with Gasteiger partial charge in [0.1, 0.15) is 5.75 Å². The Kier molecular flexibility index (Phi) is 7.65. The van der Waals surface area contributed by atoms with E-state index in [1.807, 2.05) is 0 Å². The molecular weight excluding hydrogens is 374 g/mol. The molecule has 0 spiro atoms. The van der Waals surface area contributed by atoms with Crippen molar-refractivity contribution in [2.75, 3.05) is 42.0 Å². The minimum absolute atomic E-state index is 0.0563. The average Bonchev–Trinajstić information content (AvgIpc) is 2.74. The van der Waals surface area contributed by atoms with Crippen LogP contribution in [0, 0.1) is 0 Å². The predicted octanol–water partition coefficient (Wildman–Crippen LogP) is 3.08. The van der Waals surface area contributed by atoms with Crippen molar-refractivity contribution >= 4 is 17.8 Å². The molecule has 1 amide bonds. The molecule has 0 saturated carbocycles. The van der Waals surface area contributed by atoms with Gasteiger partial charge in [0.25, 0.3) is 5.91 Å². The number of ketones is 1. The second kappa shape index (κ2) is 10.2. The number of ether oxygens (including phenoxy) is 4. The van der Waals surface area contributed by atoms with Crippen molar-refractivity contribution in [3.63, 3.8) is 0 Å². The minimum Gasteiger partial charge on any atom is -0.493 e. The topological polar surface area (TPSA) is 74.3 Å². The predicted molar refractivity (Wildman–Crippen MR) is 110 cm³/mol. The SMILES string of the molecule is COc1ccc(/C=C/C(=O)c2ccc(OCC(=O)N(C)C)cc2)c(OC)c1OC. The maximum atomic E-state index is 12.5. The molecule has 29 heavy (non-hydrogen) atoms. The molecule has 0 heterocycles. The van der Waals surface area contributed by atoms with Crippen molar-refractivity contribution in [3.8, 4) is 23.0 Å². The third-order valence-corrected chi connectivity index (χ3v) is 4.15. The number of nitrogens with zero attached hydrogens (tertiary/aromatic N) is 1. The van der Waals surface area contributed by atoms with Crippen LogP contribution in [0.4, 0.5) is 0 Å². The van der Waals surface area contributed by atoms with Crippen molar-refractivity contribution in [1.82, 2.24) is 4.90 Å². The first-order valence-electron chi connectivity index (χ1n) is 8.85. The molecule has 0 aromatic heterocycles. The lowest BCUT2D eigenvalue weighted by Crippen LogP contribution is -2.27. The fourth-order valence-corrected chi connectivity index (χ4v) is 2.51. The Bertz CT molecular complexity index is 887. The van der Waals surface area contributed by atoms with Crippen LogP contribution in [-0.4, -0.2) is 58.6 Å². The average molecular weight is 399 g/mol. The van der Waals surface area contributed by atoms with Gasteiger partial charge in [0.2, 0.25) is 5.75 Å². The van der Waals surface area contributed by atoms with E-state index in [0.717, 1.165) is 0 Å². The molecule has 0 saturated heterocycles. The monoisotopic (exact) mass is 399 g/mol. The highest BCUT2D eigenvalue weighted by molar-refractivity contribution is 6.07. The van der Waals surface area contributed by atoms with Crippen molar-refractivity contribution in [2.24, 2.45) is 0 Å². The summed E-state index contributed by atoms with van der Waals surface area (Å²) in [6.45, 7) is -0.0563. The quantitative estimate of drug-likeness (QED) is 0.477. The molecule has 0 N–H and O–H groups in total. The van der Waals surface area contributed by atoms with Gasteiger partial charge in [0.05, 0.1) is 21.3 Å². The van der Waals surface area contributed by atoms with E-state index < -0.39 is 0 Å². The molecule has 7 nitrogen and oxygen atoms in total. The van der Waals surface area contributed by atoms with E-state index in [1.165, 1.54) is 25.2 Å². The van der Waals surface area contributed by atoms with E-state index in [9.17, 15) is 9.59 Å². The Hall–Kier alpha value is -3.48. The lowest BCUT2D eigenvalue weighted by atomic mass is 10.1. The summed E-state index contributed by atoms with van der Waals surface area (Å²) >= 11 is 0. The van der Waals surface area contributed by atoms with Crippen LogP contribution in [0.1, 0.15) is 15.9 Å². The number of benzene rings is 2. The van der Waals surface area contributed by atoms with Crippen LogP contribution in [0.3, 0.4) is 0 Å². The Morgan fingerprint density at radius 2 is 1.55 bits per heavy atom. The highest BCUT2D eigenvalue weighted by Crippen LogP contribution is 2.40. The van der Waals surface area contributed by atoms with Gasteiger partial charge in [-0.05, 0) is 48.6 Å². The van der Waals surface area contributed by atoms with Gasteiger partial charge in [0, 0.05) is 25.2 Å². The highest BCUT2D eigenvalue weighted by atomic mass is 16.5. The Labute approximate surface area is 170 Å². The van der Waals surface area contributed by atoms with E-state index in [0.29, 0.717) is 34.1 Å². The molecule has 0 atom stereocenters. The summed E-state index contributed by atoms with van der Waals surface area (Å²) in [5.74, 6) is 1.66. The third-order valence-electron chi connectivity index (χ3n) is 4.15. The zero-order valence-corrected chi connectivity index (χ0v) is 17.2. The lowest BCUT2D eigenvalue weighted by molar-refractivity contribution is -0.130. The smallest absolute Gasteiger partial charge is 0.259 e. The van der Waals surface area contributed by atoms with E-state index in [2.05, 4.69) is 0 Å². The minimum atomic E-state index is -0.183. The maximum absolute atomic E-state index is 12.5. The summed E-state index contributed by atoms with van der Waals surface area (Å²) in [6.07, 6.45) is 3.11. The van der Waals surface area contributed by atoms with Crippen LogP contribution in [0.15, 0.2) is 42.5 Å². The van der Waals surface area contributed by atoms with Crippen LogP contribution in [-0.2, 0) is 4.79 Å². The molecule has 154 valence electrons. The third kappa shape index (κ3) is 5.51. The zero-order chi connectivity index (χ0) is 21.4. The molecule has 2 rings (SSSR count). The molecular formula is C22H25NO6. The number of hydrogen-bond acceptors (Lipinski definition) is 6. The van der Waals surface area contributed by atoms with Crippen molar-refractivity contribution in [1.29, 1.82) is 0 Å². The number of rotatable bonds is 9. The van der Waals surface area contributed by atoms with E-state index in [4.69, 9.17) is 18.9 Å². The summed E-state index contributed by atoms with van der Waals surface area (Å²) in [5.41, 5.74) is 1.17. The fraction of sp³-hybridized carbons (Fsp3) is 0.273. The van der Waals surface area contributed by atoms with Gasteiger partial charge in [-0.1, -0.05) is 0 Å². The molecule has 0 bridgehead atoms. The number of methoxy groups -OCH3 is 3. The number of carbonyl (C=O) groups is 2. The maximum Gasteiger partial charge on any atom is 0.259 e. The number of carbonyl (C=O) groups excluding carboxylic acids is 2. The van der Waals surface area contributed by atoms with Crippen molar-refractivity contribution in [3.05, 3.63) is 53.6 Å². The first kappa shape index (κ1) is 21.8.